The molecule has 2 rings (SSSR count). The molecule has 0 radical (unpaired) electrons. The summed E-state index contributed by atoms with van der Waals surface area (Å²) in [6.45, 7) is 4.40. The lowest BCUT2D eigenvalue weighted by Gasteiger charge is -2.11. The van der Waals surface area contributed by atoms with E-state index in [0.29, 0.717) is 23.7 Å². The molecule has 2 amide bonds. The SMILES string of the molecule is CCCNC(=O)Nc1cccc(OC(=O)COc2ccccc2CC)c1. The Morgan fingerprint density at radius 3 is 2.62 bits per heavy atom. The van der Waals surface area contributed by atoms with Crippen LogP contribution in [0.5, 0.6) is 11.5 Å². The summed E-state index contributed by atoms with van der Waals surface area (Å²) in [5.41, 5.74) is 1.57. The van der Waals surface area contributed by atoms with E-state index < -0.39 is 5.97 Å². The second kappa shape index (κ2) is 10.1. The summed E-state index contributed by atoms with van der Waals surface area (Å²) in [5.74, 6) is 0.508. The van der Waals surface area contributed by atoms with Crippen LogP contribution in [-0.4, -0.2) is 25.2 Å². The molecule has 0 aliphatic carbocycles. The van der Waals surface area contributed by atoms with E-state index >= 15 is 0 Å². The first-order valence-electron chi connectivity index (χ1n) is 8.68. The summed E-state index contributed by atoms with van der Waals surface area (Å²) in [6, 6.07) is 13.9. The summed E-state index contributed by atoms with van der Waals surface area (Å²) < 4.78 is 10.8. The van der Waals surface area contributed by atoms with Gasteiger partial charge in [-0.2, -0.15) is 0 Å². The van der Waals surface area contributed by atoms with Crippen molar-refractivity contribution in [3.63, 3.8) is 0 Å². The van der Waals surface area contributed by atoms with Crippen molar-refractivity contribution in [2.24, 2.45) is 0 Å². The van der Waals surface area contributed by atoms with Crippen LogP contribution >= 0.6 is 0 Å². The van der Waals surface area contributed by atoms with Crippen LogP contribution in [0, 0.1) is 0 Å². The highest BCUT2D eigenvalue weighted by atomic mass is 16.6. The molecule has 138 valence electrons. The molecule has 0 atom stereocenters. The van der Waals surface area contributed by atoms with Crippen LogP contribution in [0.25, 0.3) is 0 Å². The Morgan fingerprint density at radius 1 is 1.04 bits per heavy atom. The van der Waals surface area contributed by atoms with Gasteiger partial charge in [-0.1, -0.05) is 38.1 Å². The number of carbonyl (C=O) groups is 2. The van der Waals surface area contributed by atoms with Crippen molar-refractivity contribution >= 4 is 17.7 Å². The first kappa shape index (κ1) is 19.3. The van der Waals surface area contributed by atoms with Crippen LogP contribution in [0.3, 0.4) is 0 Å². The Bertz CT molecular complexity index is 746. The van der Waals surface area contributed by atoms with E-state index in [1.165, 1.54) is 0 Å². The second-order valence-electron chi connectivity index (χ2n) is 5.63. The number of anilines is 1. The highest BCUT2D eigenvalue weighted by molar-refractivity contribution is 5.89. The molecule has 26 heavy (non-hydrogen) atoms. The number of hydrogen-bond acceptors (Lipinski definition) is 4. The van der Waals surface area contributed by atoms with Gasteiger partial charge in [-0.3, -0.25) is 0 Å². The van der Waals surface area contributed by atoms with Gasteiger partial charge in [0, 0.05) is 18.3 Å². The van der Waals surface area contributed by atoms with Crippen LogP contribution in [0.4, 0.5) is 10.5 Å². The van der Waals surface area contributed by atoms with Gasteiger partial charge in [-0.15, -0.1) is 0 Å². The molecule has 0 saturated carbocycles. The summed E-state index contributed by atoms with van der Waals surface area (Å²) in [7, 11) is 0. The first-order valence-corrected chi connectivity index (χ1v) is 8.68. The van der Waals surface area contributed by atoms with Gasteiger partial charge in [-0.25, -0.2) is 9.59 Å². The van der Waals surface area contributed by atoms with E-state index in [9.17, 15) is 9.59 Å². The maximum absolute atomic E-state index is 12.0. The predicted molar refractivity (Wildman–Crippen MR) is 101 cm³/mol. The zero-order chi connectivity index (χ0) is 18.8. The summed E-state index contributed by atoms with van der Waals surface area (Å²) in [6.07, 6.45) is 1.67. The Morgan fingerprint density at radius 2 is 1.85 bits per heavy atom. The highest BCUT2D eigenvalue weighted by Gasteiger charge is 2.09. The lowest BCUT2D eigenvalue weighted by molar-refractivity contribution is -0.136. The highest BCUT2D eigenvalue weighted by Crippen LogP contribution is 2.20. The monoisotopic (exact) mass is 356 g/mol. The van der Waals surface area contributed by atoms with E-state index in [4.69, 9.17) is 9.47 Å². The molecule has 0 unspecified atom stereocenters. The Balaban J connectivity index is 1.88. The number of amides is 2. The Kier molecular flexibility index (Phi) is 7.49. The quantitative estimate of drug-likeness (QED) is 0.558. The van der Waals surface area contributed by atoms with Gasteiger partial charge in [0.1, 0.15) is 11.5 Å². The van der Waals surface area contributed by atoms with Gasteiger partial charge in [-0.05, 0) is 36.6 Å². The molecule has 0 aliphatic heterocycles. The average Bonchev–Trinajstić information content (AvgIpc) is 2.65. The molecule has 6 heteroatoms. The molecule has 2 aromatic carbocycles. The number of hydrogen-bond donors (Lipinski definition) is 2. The van der Waals surface area contributed by atoms with Crippen LogP contribution in [0.15, 0.2) is 48.5 Å². The fourth-order valence-electron chi connectivity index (χ4n) is 2.29. The van der Waals surface area contributed by atoms with E-state index in [0.717, 1.165) is 18.4 Å². The Hall–Kier alpha value is -3.02. The van der Waals surface area contributed by atoms with Crippen molar-refractivity contribution in [2.75, 3.05) is 18.5 Å². The first-order chi connectivity index (χ1) is 12.6. The summed E-state index contributed by atoms with van der Waals surface area (Å²) in [5, 5.41) is 5.40. The second-order valence-corrected chi connectivity index (χ2v) is 5.63. The minimum atomic E-state index is -0.511. The number of aryl methyl sites for hydroxylation is 1. The average molecular weight is 356 g/mol. The van der Waals surface area contributed by atoms with Crippen molar-refractivity contribution in [3.05, 3.63) is 54.1 Å². The van der Waals surface area contributed by atoms with Crippen LogP contribution in [0.1, 0.15) is 25.8 Å². The van der Waals surface area contributed by atoms with E-state index in [2.05, 4.69) is 10.6 Å². The summed E-state index contributed by atoms with van der Waals surface area (Å²) >= 11 is 0. The number of rotatable bonds is 8. The zero-order valence-electron chi connectivity index (χ0n) is 15.1. The predicted octanol–water partition coefficient (Wildman–Crippen LogP) is 3.76. The normalized spacial score (nSPS) is 10.1. The van der Waals surface area contributed by atoms with E-state index in [1.54, 1.807) is 24.3 Å². The number of esters is 1. The fourth-order valence-corrected chi connectivity index (χ4v) is 2.29. The van der Waals surface area contributed by atoms with Crippen LogP contribution in [0.2, 0.25) is 0 Å². The van der Waals surface area contributed by atoms with E-state index in [-0.39, 0.29) is 12.6 Å². The molecule has 0 saturated heterocycles. The molecular weight excluding hydrogens is 332 g/mol. The van der Waals surface area contributed by atoms with Gasteiger partial charge < -0.3 is 20.1 Å². The third-order valence-electron chi connectivity index (χ3n) is 3.56. The van der Waals surface area contributed by atoms with Gasteiger partial charge in [0.15, 0.2) is 6.61 Å². The minimum absolute atomic E-state index is 0.189. The molecule has 0 bridgehead atoms. The van der Waals surface area contributed by atoms with E-state index in [1.807, 2.05) is 38.1 Å². The van der Waals surface area contributed by atoms with Crippen LogP contribution in [-0.2, 0) is 11.2 Å². The van der Waals surface area contributed by atoms with Gasteiger partial charge in [0.2, 0.25) is 0 Å². The molecule has 0 aliphatic rings. The molecule has 0 fully saturated rings. The topological polar surface area (TPSA) is 76.7 Å². The van der Waals surface area contributed by atoms with Crippen LogP contribution < -0.4 is 20.1 Å². The maximum atomic E-state index is 12.0. The number of nitrogens with one attached hydrogen (secondary N) is 2. The van der Waals surface area contributed by atoms with Gasteiger partial charge in [0.05, 0.1) is 0 Å². The smallest absolute Gasteiger partial charge is 0.349 e. The minimum Gasteiger partial charge on any atom is -0.482 e. The maximum Gasteiger partial charge on any atom is 0.349 e. The molecule has 0 spiro atoms. The zero-order valence-corrected chi connectivity index (χ0v) is 15.1. The molecule has 6 nitrogen and oxygen atoms in total. The van der Waals surface area contributed by atoms with Crippen molar-refractivity contribution < 1.29 is 19.1 Å². The lowest BCUT2D eigenvalue weighted by Crippen LogP contribution is -2.29. The van der Waals surface area contributed by atoms with Crippen molar-refractivity contribution in [2.45, 2.75) is 26.7 Å². The largest absolute Gasteiger partial charge is 0.482 e. The molecule has 0 aromatic heterocycles. The molecule has 2 aromatic rings. The number of benzene rings is 2. The Labute approximate surface area is 153 Å². The molecule has 0 heterocycles. The summed E-state index contributed by atoms with van der Waals surface area (Å²) in [4.78, 5) is 23.7. The molecular formula is C20H24N2O4. The fraction of sp³-hybridized carbons (Fsp3) is 0.300. The number of carbonyl (C=O) groups excluding carboxylic acids is 2. The van der Waals surface area contributed by atoms with Crippen molar-refractivity contribution in [3.8, 4) is 11.5 Å². The number of ether oxygens (including phenoxy) is 2. The van der Waals surface area contributed by atoms with Gasteiger partial charge in [0.25, 0.3) is 0 Å². The lowest BCUT2D eigenvalue weighted by atomic mass is 10.1. The number of urea groups is 1. The standard InChI is InChI=1S/C20H24N2O4/c1-3-12-21-20(24)22-16-9-7-10-17(13-16)26-19(23)14-25-18-11-6-5-8-15(18)4-2/h5-11,13H,3-4,12,14H2,1-2H3,(H2,21,22,24). The van der Waals surface area contributed by atoms with Crippen molar-refractivity contribution in [1.29, 1.82) is 0 Å². The van der Waals surface area contributed by atoms with Crippen molar-refractivity contribution in [1.82, 2.24) is 5.32 Å². The number of para-hydroxylation sites is 1. The third-order valence-corrected chi connectivity index (χ3v) is 3.56. The molecule has 2 N–H and O–H groups in total. The third kappa shape index (κ3) is 6.12. The van der Waals surface area contributed by atoms with Gasteiger partial charge >= 0.3 is 12.0 Å².